The van der Waals surface area contributed by atoms with Gasteiger partial charge in [0.05, 0.1) is 16.0 Å². The van der Waals surface area contributed by atoms with Crippen LogP contribution in [0.5, 0.6) is 0 Å². The number of hydrazine groups is 1. The molecule has 3 rings (SSSR count). The summed E-state index contributed by atoms with van der Waals surface area (Å²) < 4.78 is 22.6. The number of hydrogen-bond donors (Lipinski definition) is 2. The Morgan fingerprint density at radius 3 is 2.07 bits per heavy atom. The third-order valence-corrected chi connectivity index (χ3v) is 5.34. The summed E-state index contributed by atoms with van der Waals surface area (Å²) in [6.07, 6.45) is 0. The molecule has 146 valence electrons. The summed E-state index contributed by atoms with van der Waals surface area (Å²) in [5.74, 6) is -1.98. The fourth-order valence-electron chi connectivity index (χ4n) is 2.77. The van der Waals surface area contributed by atoms with E-state index in [-0.39, 0.29) is 27.0 Å². The molecular formula is C19H19N3O5S. The maximum Gasteiger partial charge on any atom is 0.280 e. The third-order valence-electron chi connectivity index (χ3n) is 4.41. The first-order chi connectivity index (χ1) is 12.9. The van der Waals surface area contributed by atoms with Gasteiger partial charge in [0.15, 0.2) is 0 Å². The number of sulfonamides is 1. The van der Waals surface area contributed by atoms with Gasteiger partial charge in [0.1, 0.15) is 0 Å². The van der Waals surface area contributed by atoms with Crippen molar-refractivity contribution in [2.24, 2.45) is 5.14 Å². The lowest BCUT2D eigenvalue weighted by Gasteiger charge is -2.19. The van der Waals surface area contributed by atoms with Gasteiger partial charge < -0.3 is 0 Å². The van der Waals surface area contributed by atoms with E-state index in [1.165, 1.54) is 24.3 Å². The van der Waals surface area contributed by atoms with Crippen molar-refractivity contribution >= 4 is 27.7 Å². The molecule has 1 aliphatic rings. The highest BCUT2D eigenvalue weighted by atomic mass is 32.2. The predicted octanol–water partition coefficient (Wildman–Crippen LogP) is 1.57. The normalized spacial score (nSPS) is 14.2. The topological polar surface area (TPSA) is 127 Å². The zero-order chi connectivity index (χ0) is 20.9. The summed E-state index contributed by atoms with van der Waals surface area (Å²) >= 11 is 0. The van der Waals surface area contributed by atoms with Crippen molar-refractivity contribution in [1.82, 2.24) is 10.4 Å². The van der Waals surface area contributed by atoms with Crippen LogP contribution in [-0.4, -0.2) is 31.1 Å². The van der Waals surface area contributed by atoms with Gasteiger partial charge in [0, 0.05) is 5.56 Å². The minimum Gasteiger partial charge on any atom is -0.267 e. The Labute approximate surface area is 162 Å². The predicted molar refractivity (Wildman–Crippen MR) is 101 cm³/mol. The van der Waals surface area contributed by atoms with Crippen LogP contribution < -0.4 is 10.6 Å². The highest BCUT2D eigenvalue weighted by Gasteiger charge is 2.37. The standard InChI is InChI=1S/C19H19N3O5S/c1-19(2,3)12-6-9-14-15(10-12)18(25)22(17(14)24)21-16(23)11-4-7-13(8-5-11)28(20,26)27/h4-10H,1-3H3,(H,21,23)(H2,20,26,27). The van der Waals surface area contributed by atoms with Gasteiger partial charge in [-0.2, -0.15) is 5.01 Å². The van der Waals surface area contributed by atoms with Crippen molar-refractivity contribution in [3.05, 3.63) is 64.7 Å². The largest absolute Gasteiger partial charge is 0.280 e. The van der Waals surface area contributed by atoms with Gasteiger partial charge in [0.2, 0.25) is 10.0 Å². The maximum atomic E-state index is 12.6. The van der Waals surface area contributed by atoms with Crippen molar-refractivity contribution in [3.8, 4) is 0 Å². The molecule has 0 radical (unpaired) electrons. The van der Waals surface area contributed by atoms with Crippen LogP contribution in [0.4, 0.5) is 0 Å². The molecule has 0 aromatic heterocycles. The SMILES string of the molecule is CC(C)(C)c1ccc2c(c1)C(=O)N(NC(=O)c1ccc(S(N)(=O)=O)cc1)C2=O. The molecule has 0 saturated heterocycles. The highest BCUT2D eigenvalue weighted by Crippen LogP contribution is 2.29. The Kier molecular flexibility index (Phi) is 4.60. The van der Waals surface area contributed by atoms with Crippen LogP contribution in [-0.2, 0) is 15.4 Å². The highest BCUT2D eigenvalue weighted by molar-refractivity contribution is 7.89. The molecule has 2 aromatic carbocycles. The quantitative estimate of drug-likeness (QED) is 0.755. The van der Waals surface area contributed by atoms with Gasteiger partial charge in [-0.25, -0.2) is 13.6 Å². The summed E-state index contributed by atoms with van der Waals surface area (Å²) in [7, 11) is -3.89. The van der Waals surface area contributed by atoms with Crippen molar-refractivity contribution in [3.63, 3.8) is 0 Å². The van der Waals surface area contributed by atoms with E-state index in [9.17, 15) is 22.8 Å². The summed E-state index contributed by atoms with van der Waals surface area (Å²) in [6.45, 7) is 5.96. The van der Waals surface area contributed by atoms with E-state index < -0.39 is 27.7 Å². The van der Waals surface area contributed by atoms with E-state index in [2.05, 4.69) is 5.43 Å². The van der Waals surface area contributed by atoms with Gasteiger partial charge in [-0.3, -0.25) is 19.8 Å². The van der Waals surface area contributed by atoms with Gasteiger partial charge in [-0.05, 0) is 47.4 Å². The molecule has 0 fully saturated rings. The van der Waals surface area contributed by atoms with Crippen LogP contribution in [0.15, 0.2) is 47.4 Å². The number of rotatable bonds is 3. The molecular weight excluding hydrogens is 382 g/mol. The number of nitrogens with two attached hydrogens (primary N) is 1. The molecule has 1 aliphatic heterocycles. The van der Waals surface area contributed by atoms with Crippen LogP contribution in [0, 0.1) is 0 Å². The van der Waals surface area contributed by atoms with Crippen LogP contribution in [0.2, 0.25) is 0 Å². The first-order valence-electron chi connectivity index (χ1n) is 8.37. The minimum absolute atomic E-state index is 0.0688. The number of nitrogens with one attached hydrogen (secondary N) is 1. The molecule has 0 aliphatic carbocycles. The van der Waals surface area contributed by atoms with Crippen molar-refractivity contribution in [2.75, 3.05) is 0 Å². The number of nitrogens with zero attached hydrogens (tertiary/aromatic N) is 1. The van der Waals surface area contributed by atoms with Crippen molar-refractivity contribution in [1.29, 1.82) is 0 Å². The number of fused-ring (bicyclic) bond motifs is 1. The molecule has 28 heavy (non-hydrogen) atoms. The molecule has 8 nitrogen and oxygen atoms in total. The van der Waals surface area contributed by atoms with E-state index in [4.69, 9.17) is 5.14 Å². The Bertz CT molecular complexity index is 1100. The molecule has 9 heteroatoms. The molecule has 0 saturated carbocycles. The van der Waals surface area contributed by atoms with Gasteiger partial charge in [-0.15, -0.1) is 0 Å². The third kappa shape index (κ3) is 3.54. The maximum absolute atomic E-state index is 12.6. The van der Waals surface area contributed by atoms with Crippen LogP contribution in [0.3, 0.4) is 0 Å². The Balaban J connectivity index is 1.84. The lowest BCUT2D eigenvalue weighted by molar-refractivity contribution is 0.0518. The minimum atomic E-state index is -3.89. The second-order valence-electron chi connectivity index (χ2n) is 7.47. The molecule has 1 heterocycles. The number of benzene rings is 2. The van der Waals surface area contributed by atoms with E-state index in [0.29, 0.717) is 5.01 Å². The number of carbonyl (C=O) groups is 3. The monoisotopic (exact) mass is 401 g/mol. The zero-order valence-electron chi connectivity index (χ0n) is 15.5. The molecule has 3 N–H and O–H groups in total. The first-order valence-corrected chi connectivity index (χ1v) is 9.91. The summed E-state index contributed by atoms with van der Waals surface area (Å²) in [6, 6.07) is 9.83. The van der Waals surface area contributed by atoms with Gasteiger partial charge >= 0.3 is 0 Å². The van der Waals surface area contributed by atoms with Crippen molar-refractivity contribution < 1.29 is 22.8 Å². The Morgan fingerprint density at radius 2 is 1.54 bits per heavy atom. The van der Waals surface area contributed by atoms with Gasteiger partial charge in [0.25, 0.3) is 17.7 Å². The number of imide groups is 1. The van der Waals surface area contributed by atoms with Gasteiger partial charge in [-0.1, -0.05) is 26.8 Å². The first kappa shape index (κ1) is 19.7. The number of amides is 3. The lowest BCUT2D eigenvalue weighted by Crippen LogP contribution is -2.45. The second kappa shape index (κ2) is 6.54. The molecule has 2 aromatic rings. The van der Waals surface area contributed by atoms with Crippen LogP contribution >= 0.6 is 0 Å². The molecule has 0 spiro atoms. The fourth-order valence-corrected chi connectivity index (χ4v) is 3.29. The van der Waals surface area contributed by atoms with Crippen molar-refractivity contribution in [2.45, 2.75) is 31.1 Å². The average Bonchev–Trinajstić information content (AvgIpc) is 2.85. The Morgan fingerprint density at radius 1 is 0.964 bits per heavy atom. The zero-order valence-corrected chi connectivity index (χ0v) is 16.3. The van der Waals surface area contributed by atoms with Crippen LogP contribution in [0.1, 0.15) is 57.4 Å². The number of hydrogen-bond acceptors (Lipinski definition) is 5. The lowest BCUT2D eigenvalue weighted by atomic mass is 9.85. The van der Waals surface area contributed by atoms with Crippen LogP contribution in [0.25, 0.3) is 0 Å². The molecule has 3 amide bonds. The van der Waals surface area contributed by atoms with E-state index in [1.807, 2.05) is 20.8 Å². The fraction of sp³-hybridized carbons (Fsp3) is 0.211. The number of carbonyl (C=O) groups excluding carboxylic acids is 3. The smallest absolute Gasteiger partial charge is 0.267 e. The molecule has 0 bridgehead atoms. The average molecular weight is 401 g/mol. The number of primary sulfonamides is 1. The molecule has 0 atom stereocenters. The second-order valence-corrected chi connectivity index (χ2v) is 9.03. The van der Waals surface area contributed by atoms with E-state index in [1.54, 1.807) is 18.2 Å². The summed E-state index contributed by atoms with van der Waals surface area (Å²) in [4.78, 5) is 37.4. The summed E-state index contributed by atoms with van der Waals surface area (Å²) in [5, 5.41) is 5.68. The molecule has 0 unspecified atom stereocenters. The van der Waals surface area contributed by atoms with E-state index in [0.717, 1.165) is 5.56 Å². The summed E-state index contributed by atoms with van der Waals surface area (Å²) in [5.41, 5.74) is 3.46. The Hall–Kier alpha value is -3.04. The van der Waals surface area contributed by atoms with E-state index >= 15 is 0 Å².